The third-order valence-electron chi connectivity index (χ3n) is 2.17. The normalized spacial score (nSPS) is 10.4. The molecule has 0 amide bonds. The Bertz CT molecular complexity index is 467. The smallest absolute Gasteiger partial charge is 0.183 e. The zero-order chi connectivity index (χ0) is 11.4. The first-order valence-corrected chi connectivity index (χ1v) is 6.12. The largest absolute Gasteiger partial charge is 0.356 e. The van der Waals surface area contributed by atoms with E-state index in [0.29, 0.717) is 6.54 Å². The molecule has 0 aliphatic rings. The van der Waals surface area contributed by atoms with E-state index >= 15 is 0 Å². The fourth-order valence-corrected chi connectivity index (χ4v) is 2.11. The van der Waals surface area contributed by atoms with Gasteiger partial charge in [-0.2, -0.15) is 0 Å². The lowest BCUT2D eigenvalue weighted by Gasteiger charge is -2.02. The van der Waals surface area contributed by atoms with Crippen LogP contribution in [-0.2, 0) is 13.0 Å². The molecular formula is C11H14N4S. The van der Waals surface area contributed by atoms with E-state index in [1.165, 1.54) is 0 Å². The summed E-state index contributed by atoms with van der Waals surface area (Å²) < 4.78 is 0. The molecule has 0 aromatic carbocycles. The van der Waals surface area contributed by atoms with Crippen molar-refractivity contribution in [2.45, 2.75) is 26.8 Å². The Hall–Kier alpha value is -1.49. The van der Waals surface area contributed by atoms with Gasteiger partial charge in [-0.3, -0.25) is 0 Å². The van der Waals surface area contributed by atoms with Gasteiger partial charge in [0.25, 0.3) is 0 Å². The second kappa shape index (κ2) is 5.03. The summed E-state index contributed by atoms with van der Waals surface area (Å²) >= 11 is 1.63. The van der Waals surface area contributed by atoms with Crippen molar-refractivity contribution in [1.29, 1.82) is 0 Å². The average molecular weight is 234 g/mol. The van der Waals surface area contributed by atoms with Crippen molar-refractivity contribution in [3.8, 4) is 0 Å². The number of hydrogen-bond acceptors (Lipinski definition) is 5. The van der Waals surface area contributed by atoms with Gasteiger partial charge in [0.05, 0.1) is 17.9 Å². The van der Waals surface area contributed by atoms with Crippen LogP contribution < -0.4 is 5.32 Å². The monoisotopic (exact) mass is 234 g/mol. The first-order chi connectivity index (χ1) is 7.78. The molecule has 0 unspecified atom stereocenters. The van der Waals surface area contributed by atoms with Crippen LogP contribution in [0.4, 0.5) is 5.13 Å². The van der Waals surface area contributed by atoms with Crippen LogP contribution in [0, 0.1) is 6.92 Å². The standard InChI is InChI=1S/C11H14N4S/c1-3-9-7-16-11(15-9)13-6-10-4-5-12-8(2)14-10/h4-5,7H,3,6H2,1-2H3,(H,13,15). The maximum Gasteiger partial charge on any atom is 0.183 e. The number of nitrogens with one attached hydrogen (secondary N) is 1. The maximum absolute atomic E-state index is 4.43. The van der Waals surface area contributed by atoms with Gasteiger partial charge in [-0.1, -0.05) is 6.92 Å². The molecule has 0 spiro atoms. The van der Waals surface area contributed by atoms with Crippen molar-refractivity contribution >= 4 is 16.5 Å². The molecule has 2 heterocycles. The van der Waals surface area contributed by atoms with Gasteiger partial charge in [-0.05, 0) is 19.4 Å². The summed E-state index contributed by atoms with van der Waals surface area (Å²) in [4.78, 5) is 12.8. The van der Waals surface area contributed by atoms with Crippen molar-refractivity contribution in [2.24, 2.45) is 0 Å². The molecule has 0 saturated carbocycles. The first kappa shape index (κ1) is 11.0. The second-order valence-electron chi connectivity index (χ2n) is 3.45. The highest BCUT2D eigenvalue weighted by Gasteiger charge is 2.00. The maximum atomic E-state index is 4.43. The molecule has 0 saturated heterocycles. The Labute approximate surface area is 98.8 Å². The molecule has 0 atom stereocenters. The number of aromatic nitrogens is 3. The third-order valence-corrected chi connectivity index (χ3v) is 3.02. The van der Waals surface area contributed by atoms with Gasteiger partial charge in [0.1, 0.15) is 5.82 Å². The average Bonchev–Trinajstić information content (AvgIpc) is 2.74. The highest BCUT2D eigenvalue weighted by molar-refractivity contribution is 7.13. The molecule has 16 heavy (non-hydrogen) atoms. The molecule has 0 aliphatic carbocycles. The van der Waals surface area contributed by atoms with Crippen LogP contribution in [-0.4, -0.2) is 15.0 Å². The molecule has 0 fully saturated rings. The molecule has 2 aromatic rings. The minimum absolute atomic E-state index is 0.694. The van der Waals surface area contributed by atoms with Crippen LogP contribution in [0.15, 0.2) is 17.6 Å². The molecule has 0 radical (unpaired) electrons. The minimum atomic E-state index is 0.694. The van der Waals surface area contributed by atoms with Crippen molar-refractivity contribution in [1.82, 2.24) is 15.0 Å². The van der Waals surface area contributed by atoms with Crippen LogP contribution in [0.2, 0.25) is 0 Å². The zero-order valence-corrected chi connectivity index (χ0v) is 10.2. The Morgan fingerprint density at radius 3 is 2.88 bits per heavy atom. The number of rotatable bonds is 4. The van der Waals surface area contributed by atoms with Gasteiger partial charge in [0.2, 0.25) is 0 Å². The van der Waals surface area contributed by atoms with Crippen molar-refractivity contribution in [2.75, 3.05) is 5.32 Å². The van der Waals surface area contributed by atoms with Crippen molar-refractivity contribution < 1.29 is 0 Å². The van der Waals surface area contributed by atoms with Gasteiger partial charge in [-0.25, -0.2) is 15.0 Å². The second-order valence-corrected chi connectivity index (χ2v) is 4.30. The molecule has 0 bridgehead atoms. The van der Waals surface area contributed by atoms with Gasteiger partial charge < -0.3 is 5.32 Å². The van der Waals surface area contributed by atoms with Crippen molar-refractivity contribution in [3.05, 3.63) is 34.9 Å². The number of nitrogens with zero attached hydrogens (tertiary/aromatic N) is 3. The minimum Gasteiger partial charge on any atom is -0.356 e. The van der Waals surface area contributed by atoms with E-state index in [1.54, 1.807) is 17.5 Å². The molecule has 2 aromatic heterocycles. The highest BCUT2D eigenvalue weighted by atomic mass is 32.1. The molecule has 4 nitrogen and oxygen atoms in total. The summed E-state index contributed by atoms with van der Waals surface area (Å²) in [7, 11) is 0. The lowest BCUT2D eigenvalue weighted by atomic mass is 10.4. The SMILES string of the molecule is CCc1csc(NCc2ccnc(C)n2)n1. The molecule has 5 heteroatoms. The predicted molar refractivity (Wildman–Crippen MR) is 65.6 cm³/mol. The number of anilines is 1. The van der Waals surface area contributed by atoms with E-state index in [4.69, 9.17) is 0 Å². The van der Waals surface area contributed by atoms with Crippen LogP contribution in [0.5, 0.6) is 0 Å². The van der Waals surface area contributed by atoms with Gasteiger partial charge in [0.15, 0.2) is 5.13 Å². The molecule has 0 aliphatic heterocycles. The predicted octanol–water partition coefficient (Wildman–Crippen LogP) is 2.42. The summed E-state index contributed by atoms with van der Waals surface area (Å²) in [6, 6.07) is 1.91. The van der Waals surface area contributed by atoms with Gasteiger partial charge in [0, 0.05) is 11.6 Å². The Kier molecular flexibility index (Phi) is 3.46. The number of hydrogen-bond donors (Lipinski definition) is 1. The zero-order valence-electron chi connectivity index (χ0n) is 9.40. The van der Waals surface area contributed by atoms with E-state index in [9.17, 15) is 0 Å². The van der Waals surface area contributed by atoms with Crippen molar-refractivity contribution in [3.63, 3.8) is 0 Å². The Balaban J connectivity index is 1.96. The van der Waals surface area contributed by atoms with E-state index in [2.05, 4.69) is 32.6 Å². The summed E-state index contributed by atoms with van der Waals surface area (Å²) in [6.45, 7) is 4.69. The summed E-state index contributed by atoms with van der Waals surface area (Å²) in [6.07, 6.45) is 2.75. The fourth-order valence-electron chi connectivity index (χ4n) is 1.32. The van der Waals surface area contributed by atoms with Crippen LogP contribution in [0.1, 0.15) is 24.1 Å². The van der Waals surface area contributed by atoms with Crippen LogP contribution in [0.25, 0.3) is 0 Å². The van der Waals surface area contributed by atoms with Gasteiger partial charge in [-0.15, -0.1) is 11.3 Å². The van der Waals surface area contributed by atoms with E-state index in [-0.39, 0.29) is 0 Å². The summed E-state index contributed by atoms with van der Waals surface area (Å²) in [5.74, 6) is 0.799. The van der Waals surface area contributed by atoms with E-state index < -0.39 is 0 Å². The summed E-state index contributed by atoms with van der Waals surface area (Å²) in [5.41, 5.74) is 2.12. The fraction of sp³-hybridized carbons (Fsp3) is 0.364. The van der Waals surface area contributed by atoms with E-state index in [0.717, 1.165) is 28.8 Å². The number of aryl methyl sites for hydroxylation is 2. The van der Waals surface area contributed by atoms with Crippen LogP contribution >= 0.6 is 11.3 Å². The van der Waals surface area contributed by atoms with Gasteiger partial charge >= 0.3 is 0 Å². The molecule has 2 rings (SSSR count). The molecular weight excluding hydrogens is 220 g/mol. The summed E-state index contributed by atoms with van der Waals surface area (Å²) in [5, 5.41) is 6.29. The lowest BCUT2D eigenvalue weighted by Crippen LogP contribution is -2.03. The Morgan fingerprint density at radius 2 is 2.19 bits per heavy atom. The first-order valence-electron chi connectivity index (χ1n) is 5.24. The topological polar surface area (TPSA) is 50.7 Å². The van der Waals surface area contributed by atoms with Crippen LogP contribution in [0.3, 0.4) is 0 Å². The molecule has 1 N–H and O–H groups in total. The highest BCUT2D eigenvalue weighted by Crippen LogP contribution is 2.16. The third kappa shape index (κ3) is 2.76. The quantitative estimate of drug-likeness (QED) is 0.882. The number of thiazole rings is 1. The molecule has 84 valence electrons. The lowest BCUT2D eigenvalue weighted by molar-refractivity contribution is 0.950. The Morgan fingerprint density at radius 1 is 1.31 bits per heavy atom. The van der Waals surface area contributed by atoms with E-state index in [1.807, 2.05) is 13.0 Å².